The Hall–Kier alpha value is -1.07. The topological polar surface area (TPSA) is 49.4 Å². The highest BCUT2D eigenvalue weighted by Crippen LogP contribution is 2.26. The van der Waals surface area contributed by atoms with Gasteiger partial charge in [0.15, 0.2) is 0 Å². The predicted octanol–water partition coefficient (Wildman–Crippen LogP) is 2.68. The quantitative estimate of drug-likeness (QED) is 0.923. The van der Waals surface area contributed by atoms with E-state index < -0.39 is 10.0 Å². The van der Waals surface area contributed by atoms with E-state index in [1.165, 1.54) is 6.42 Å². The molecule has 0 atom stereocenters. The van der Waals surface area contributed by atoms with Crippen LogP contribution in [0.3, 0.4) is 0 Å². The molecule has 0 radical (unpaired) electrons. The number of nitrogens with zero attached hydrogens (tertiary/aromatic N) is 1. The van der Waals surface area contributed by atoms with Crippen LogP contribution in [0.4, 0.5) is 5.69 Å². The minimum atomic E-state index is -3.36. The van der Waals surface area contributed by atoms with Crippen molar-refractivity contribution in [1.29, 1.82) is 0 Å². The van der Waals surface area contributed by atoms with Crippen LogP contribution < -0.4 is 5.32 Å². The molecule has 106 valence electrons. The first-order valence-electron chi connectivity index (χ1n) is 6.81. The van der Waals surface area contributed by atoms with Gasteiger partial charge in [-0.25, -0.2) is 8.42 Å². The maximum Gasteiger partial charge on any atom is 0.243 e. The highest BCUT2D eigenvalue weighted by molar-refractivity contribution is 7.89. The van der Waals surface area contributed by atoms with Crippen molar-refractivity contribution in [2.24, 2.45) is 0 Å². The van der Waals surface area contributed by atoms with Crippen LogP contribution in [-0.4, -0.2) is 32.9 Å². The number of nitrogens with one attached hydrogen (secondary N) is 1. The number of rotatable bonds is 4. The first-order chi connectivity index (χ1) is 9.05. The van der Waals surface area contributed by atoms with E-state index in [1.54, 1.807) is 35.6 Å². The summed E-state index contributed by atoms with van der Waals surface area (Å²) < 4.78 is 26.6. The van der Waals surface area contributed by atoms with Crippen LogP contribution in [0.1, 0.15) is 32.1 Å². The van der Waals surface area contributed by atoms with E-state index in [0.29, 0.717) is 4.90 Å². The average Bonchev–Trinajstić information content (AvgIpc) is 2.47. The molecule has 1 saturated carbocycles. The van der Waals surface area contributed by atoms with Gasteiger partial charge in [0.05, 0.1) is 4.90 Å². The standard InChI is InChI=1S/C14H22N2O2S/c1-15-12-8-10-14(11-9-12)19(17,18)16(2)13-6-4-3-5-7-13/h8-11,13,15H,3-7H2,1-2H3. The van der Waals surface area contributed by atoms with E-state index in [4.69, 9.17) is 0 Å². The van der Waals surface area contributed by atoms with Crippen LogP contribution in [0.5, 0.6) is 0 Å². The van der Waals surface area contributed by atoms with Crippen molar-refractivity contribution in [3.8, 4) is 0 Å². The van der Waals surface area contributed by atoms with Crippen LogP contribution in [0, 0.1) is 0 Å². The fourth-order valence-electron chi connectivity index (χ4n) is 2.60. The van der Waals surface area contributed by atoms with Crippen molar-refractivity contribution >= 4 is 15.7 Å². The van der Waals surface area contributed by atoms with Crippen molar-refractivity contribution < 1.29 is 8.42 Å². The maximum absolute atomic E-state index is 12.5. The van der Waals surface area contributed by atoms with Gasteiger partial charge in [0.1, 0.15) is 0 Å². The van der Waals surface area contributed by atoms with E-state index >= 15 is 0 Å². The minimum Gasteiger partial charge on any atom is -0.388 e. The first kappa shape index (κ1) is 14.3. The van der Waals surface area contributed by atoms with Gasteiger partial charge < -0.3 is 5.32 Å². The van der Waals surface area contributed by atoms with E-state index in [0.717, 1.165) is 31.4 Å². The summed E-state index contributed by atoms with van der Waals surface area (Å²) >= 11 is 0. The van der Waals surface area contributed by atoms with Gasteiger partial charge in [0.2, 0.25) is 10.0 Å². The molecule has 0 aliphatic heterocycles. The minimum absolute atomic E-state index is 0.155. The molecule has 0 bridgehead atoms. The van der Waals surface area contributed by atoms with E-state index in [9.17, 15) is 8.42 Å². The third kappa shape index (κ3) is 3.09. The lowest BCUT2D eigenvalue weighted by atomic mass is 9.96. The zero-order valence-electron chi connectivity index (χ0n) is 11.6. The highest BCUT2D eigenvalue weighted by atomic mass is 32.2. The fourth-order valence-corrected chi connectivity index (χ4v) is 4.02. The Balaban J connectivity index is 2.19. The lowest BCUT2D eigenvalue weighted by Crippen LogP contribution is -2.38. The van der Waals surface area contributed by atoms with Gasteiger partial charge in [-0.15, -0.1) is 0 Å². The third-order valence-electron chi connectivity index (χ3n) is 3.91. The maximum atomic E-state index is 12.5. The Kier molecular flexibility index (Phi) is 4.47. The highest BCUT2D eigenvalue weighted by Gasteiger charge is 2.28. The zero-order chi connectivity index (χ0) is 13.9. The van der Waals surface area contributed by atoms with Crippen LogP contribution in [0.2, 0.25) is 0 Å². The van der Waals surface area contributed by atoms with E-state index in [1.807, 2.05) is 7.05 Å². The molecular formula is C14H22N2O2S. The second-order valence-electron chi connectivity index (χ2n) is 5.09. The Morgan fingerprint density at radius 1 is 1.11 bits per heavy atom. The van der Waals surface area contributed by atoms with Gasteiger partial charge in [-0.2, -0.15) is 4.31 Å². The summed E-state index contributed by atoms with van der Waals surface area (Å²) in [4.78, 5) is 0.375. The molecule has 1 fully saturated rings. The third-order valence-corrected chi connectivity index (χ3v) is 5.83. The Morgan fingerprint density at radius 3 is 2.21 bits per heavy atom. The summed E-state index contributed by atoms with van der Waals surface area (Å²) in [6, 6.07) is 7.08. The number of anilines is 1. The lowest BCUT2D eigenvalue weighted by Gasteiger charge is -2.30. The van der Waals surface area contributed by atoms with Crippen LogP contribution in [0.15, 0.2) is 29.2 Å². The first-order valence-corrected chi connectivity index (χ1v) is 8.25. The SMILES string of the molecule is CNc1ccc(S(=O)(=O)N(C)C2CCCCC2)cc1. The summed E-state index contributed by atoms with van der Waals surface area (Å²) in [5.41, 5.74) is 0.916. The van der Waals surface area contributed by atoms with Crippen LogP contribution in [0.25, 0.3) is 0 Å². The molecule has 0 heterocycles. The molecule has 4 nitrogen and oxygen atoms in total. The molecule has 0 unspecified atom stereocenters. The molecule has 1 aromatic carbocycles. The van der Waals surface area contributed by atoms with Gasteiger partial charge in [0.25, 0.3) is 0 Å². The Labute approximate surface area is 115 Å². The van der Waals surface area contributed by atoms with Crippen molar-refractivity contribution in [3.05, 3.63) is 24.3 Å². The molecule has 0 aromatic heterocycles. The normalized spacial score (nSPS) is 17.6. The molecule has 1 aliphatic carbocycles. The molecule has 1 N–H and O–H groups in total. The largest absolute Gasteiger partial charge is 0.388 e. The molecule has 19 heavy (non-hydrogen) atoms. The summed E-state index contributed by atoms with van der Waals surface area (Å²) in [6.07, 6.45) is 5.43. The molecule has 1 aromatic rings. The Bertz CT molecular complexity index is 505. The van der Waals surface area contributed by atoms with Crippen molar-refractivity contribution in [2.45, 2.75) is 43.0 Å². The van der Waals surface area contributed by atoms with E-state index in [-0.39, 0.29) is 6.04 Å². The molecule has 0 saturated heterocycles. The monoisotopic (exact) mass is 282 g/mol. The molecular weight excluding hydrogens is 260 g/mol. The van der Waals surface area contributed by atoms with Crippen LogP contribution in [-0.2, 0) is 10.0 Å². The molecule has 0 amide bonds. The summed E-state index contributed by atoms with van der Waals surface area (Å²) in [6.45, 7) is 0. The summed E-state index contributed by atoms with van der Waals surface area (Å²) in [5, 5.41) is 2.99. The van der Waals surface area contributed by atoms with Gasteiger partial charge in [-0.05, 0) is 37.1 Å². The Morgan fingerprint density at radius 2 is 1.68 bits per heavy atom. The second-order valence-corrected chi connectivity index (χ2v) is 7.08. The molecule has 0 spiro atoms. The van der Waals surface area contributed by atoms with Gasteiger partial charge in [-0.3, -0.25) is 0 Å². The molecule has 1 aliphatic rings. The van der Waals surface area contributed by atoms with Gasteiger partial charge in [-0.1, -0.05) is 19.3 Å². The summed E-state index contributed by atoms with van der Waals surface area (Å²) in [5.74, 6) is 0. The number of hydrogen-bond donors (Lipinski definition) is 1. The van der Waals surface area contributed by atoms with E-state index in [2.05, 4.69) is 5.32 Å². The number of benzene rings is 1. The van der Waals surface area contributed by atoms with Crippen LogP contribution >= 0.6 is 0 Å². The zero-order valence-corrected chi connectivity index (χ0v) is 12.4. The fraction of sp³-hybridized carbons (Fsp3) is 0.571. The molecule has 5 heteroatoms. The van der Waals surface area contributed by atoms with Crippen molar-refractivity contribution in [1.82, 2.24) is 4.31 Å². The van der Waals surface area contributed by atoms with Gasteiger partial charge in [0, 0.05) is 25.8 Å². The average molecular weight is 282 g/mol. The lowest BCUT2D eigenvalue weighted by molar-refractivity contribution is 0.286. The predicted molar refractivity (Wildman–Crippen MR) is 77.8 cm³/mol. The van der Waals surface area contributed by atoms with Crippen molar-refractivity contribution in [3.63, 3.8) is 0 Å². The van der Waals surface area contributed by atoms with Crippen molar-refractivity contribution in [2.75, 3.05) is 19.4 Å². The smallest absolute Gasteiger partial charge is 0.243 e. The van der Waals surface area contributed by atoms with Gasteiger partial charge >= 0.3 is 0 Å². The summed E-state index contributed by atoms with van der Waals surface area (Å²) in [7, 11) is 0.165. The number of hydrogen-bond acceptors (Lipinski definition) is 3. The molecule has 2 rings (SSSR count). The number of sulfonamides is 1. The second kappa shape index (κ2) is 5.92.